The maximum atomic E-state index is 5.95. The van der Waals surface area contributed by atoms with Crippen LogP contribution in [0.5, 0.6) is 0 Å². The normalized spacial score (nSPS) is 12.5. The number of rotatable bonds is 4. The number of hydrogen-bond donors (Lipinski definition) is 1. The van der Waals surface area contributed by atoms with Crippen LogP contribution in [0.15, 0.2) is 28.7 Å². The van der Waals surface area contributed by atoms with Crippen LogP contribution in [0, 0.1) is 5.41 Å². The van der Waals surface area contributed by atoms with Gasteiger partial charge in [-0.05, 0) is 18.5 Å². The van der Waals surface area contributed by atoms with Crippen LogP contribution in [0.4, 0.5) is 0 Å². The van der Waals surface area contributed by atoms with Crippen LogP contribution in [-0.4, -0.2) is 18.5 Å². The Labute approximate surface area is 115 Å². The topological polar surface area (TPSA) is 42.4 Å². The summed E-state index contributed by atoms with van der Waals surface area (Å²) >= 11 is 0. The van der Waals surface area contributed by atoms with Crippen LogP contribution in [0.25, 0.3) is 11.0 Å². The fourth-order valence-electron chi connectivity index (χ4n) is 2.61. The fraction of sp³-hybridized carbons (Fsp3) is 0.500. The summed E-state index contributed by atoms with van der Waals surface area (Å²) in [5, 5.41) is 1.14. The van der Waals surface area contributed by atoms with E-state index in [4.69, 9.17) is 10.2 Å². The van der Waals surface area contributed by atoms with Gasteiger partial charge in [-0.3, -0.25) is 4.90 Å². The largest absolute Gasteiger partial charge is 0.459 e. The van der Waals surface area contributed by atoms with Crippen molar-refractivity contribution < 1.29 is 4.42 Å². The average molecular weight is 260 g/mol. The first-order valence-corrected chi connectivity index (χ1v) is 6.78. The summed E-state index contributed by atoms with van der Waals surface area (Å²) in [5.41, 5.74) is 8.24. The van der Waals surface area contributed by atoms with Crippen LogP contribution in [0.1, 0.15) is 32.1 Å². The van der Waals surface area contributed by atoms with Crippen LogP contribution in [0.3, 0.4) is 0 Å². The van der Waals surface area contributed by atoms with Crippen molar-refractivity contribution in [3.63, 3.8) is 0 Å². The predicted octanol–water partition coefficient (Wildman–Crippen LogP) is 3.37. The molecule has 1 aromatic heterocycles. The number of nitrogens with two attached hydrogens (primary N) is 1. The van der Waals surface area contributed by atoms with Gasteiger partial charge in [0.05, 0.1) is 6.54 Å². The molecule has 0 unspecified atom stereocenters. The second-order valence-corrected chi connectivity index (χ2v) is 6.44. The van der Waals surface area contributed by atoms with Crippen molar-refractivity contribution in [3.05, 3.63) is 35.6 Å². The Kier molecular flexibility index (Phi) is 3.97. The van der Waals surface area contributed by atoms with Gasteiger partial charge in [-0.15, -0.1) is 0 Å². The van der Waals surface area contributed by atoms with Gasteiger partial charge in [-0.1, -0.05) is 39.0 Å². The van der Waals surface area contributed by atoms with E-state index in [2.05, 4.69) is 38.8 Å². The third-order valence-corrected chi connectivity index (χ3v) is 3.14. The SMILES string of the molecule is CN(Cc1oc2ccccc2c1CN)CC(C)(C)C. The molecule has 0 bridgehead atoms. The zero-order valence-electron chi connectivity index (χ0n) is 12.4. The molecule has 0 amide bonds. The van der Waals surface area contributed by atoms with Crippen LogP contribution in [-0.2, 0) is 13.1 Å². The Bertz CT molecular complexity index is 551. The van der Waals surface area contributed by atoms with E-state index in [9.17, 15) is 0 Å². The zero-order chi connectivity index (χ0) is 14.0. The summed E-state index contributed by atoms with van der Waals surface area (Å²) in [4.78, 5) is 2.29. The van der Waals surface area contributed by atoms with Gasteiger partial charge in [0, 0.05) is 24.0 Å². The van der Waals surface area contributed by atoms with Gasteiger partial charge in [0.25, 0.3) is 0 Å². The van der Waals surface area contributed by atoms with E-state index in [0.29, 0.717) is 6.54 Å². The lowest BCUT2D eigenvalue weighted by molar-refractivity contribution is 0.208. The van der Waals surface area contributed by atoms with Crippen molar-refractivity contribution in [2.75, 3.05) is 13.6 Å². The molecule has 3 heteroatoms. The Morgan fingerprint density at radius 3 is 2.53 bits per heavy atom. The number of nitrogens with zero attached hydrogens (tertiary/aromatic N) is 1. The van der Waals surface area contributed by atoms with Crippen molar-refractivity contribution in [1.82, 2.24) is 4.90 Å². The van der Waals surface area contributed by atoms with Crippen LogP contribution < -0.4 is 5.73 Å². The Morgan fingerprint density at radius 1 is 1.21 bits per heavy atom. The van der Waals surface area contributed by atoms with E-state index in [0.717, 1.165) is 35.4 Å². The second kappa shape index (κ2) is 5.35. The van der Waals surface area contributed by atoms with E-state index in [-0.39, 0.29) is 5.41 Å². The van der Waals surface area contributed by atoms with Crippen molar-refractivity contribution in [2.45, 2.75) is 33.9 Å². The van der Waals surface area contributed by atoms with Gasteiger partial charge in [0.15, 0.2) is 0 Å². The van der Waals surface area contributed by atoms with Crippen LogP contribution in [0.2, 0.25) is 0 Å². The molecule has 0 aliphatic rings. The van der Waals surface area contributed by atoms with E-state index in [1.807, 2.05) is 18.2 Å². The monoisotopic (exact) mass is 260 g/mol. The minimum absolute atomic E-state index is 0.281. The maximum absolute atomic E-state index is 5.95. The molecule has 2 aromatic rings. The molecule has 2 N–H and O–H groups in total. The molecule has 19 heavy (non-hydrogen) atoms. The maximum Gasteiger partial charge on any atom is 0.134 e. The molecule has 0 radical (unpaired) electrons. The fourth-order valence-corrected chi connectivity index (χ4v) is 2.61. The van der Waals surface area contributed by atoms with E-state index >= 15 is 0 Å². The van der Waals surface area contributed by atoms with E-state index in [1.54, 1.807) is 0 Å². The summed E-state index contributed by atoms with van der Waals surface area (Å²) in [6.07, 6.45) is 0. The molecule has 0 saturated heterocycles. The number of benzene rings is 1. The Morgan fingerprint density at radius 2 is 1.89 bits per heavy atom. The van der Waals surface area contributed by atoms with Gasteiger partial charge >= 0.3 is 0 Å². The molecule has 0 aliphatic heterocycles. The van der Waals surface area contributed by atoms with Crippen molar-refractivity contribution >= 4 is 11.0 Å². The lowest BCUT2D eigenvalue weighted by Gasteiger charge is -2.26. The van der Waals surface area contributed by atoms with Crippen molar-refractivity contribution in [1.29, 1.82) is 0 Å². The number of para-hydroxylation sites is 1. The quantitative estimate of drug-likeness (QED) is 0.916. The minimum atomic E-state index is 0.281. The second-order valence-electron chi connectivity index (χ2n) is 6.44. The number of fused-ring (bicyclic) bond motifs is 1. The molecule has 2 rings (SSSR count). The van der Waals surface area contributed by atoms with Crippen molar-refractivity contribution in [2.24, 2.45) is 11.1 Å². The number of hydrogen-bond acceptors (Lipinski definition) is 3. The third-order valence-electron chi connectivity index (χ3n) is 3.14. The standard InChI is InChI=1S/C16H24N2O/c1-16(2,3)11-18(4)10-15-13(9-17)12-7-5-6-8-14(12)19-15/h5-8H,9-11,17H2,1-4H3. The zero-order valence-corrected chi connectivity index (χ0v) is 12.4. The van der Waals surface area contributed by atoms with Crippen LogP contribution >= 0.6 is 0 Å². The molecule has 0 aliphatic carbocycles. The average Bonchev–Trinajstić information content (AvgIpc) is 2.63. The third kappa shape index (κ3) is 3.37. The van der Waals surface area contributed by atoms with Gasteiger partial charge < -0.3 is 10.2 Å². The first-order chi connectivity index (χ1) is 8.90. The summed E-state index contributed by atoms with van der Waals surface area (Å²) < 4.78 is 5.95. The minimum Gasteiger partial charge on any atom is -0.459 e. The molecule has 0 atom stereocenters. The smallest absolute Gasteiger partial charge is 0.134 e. The van der Waals surface area contributed by atoms with E-state index in [1.165, 1.54) is 0 Å². The van der Waals surface area contributed by atoms with E-state index < -0.39 is 0 Å². The summed E-state index contributed by atoms with van der Waals surface area (Å²) in [6.45, 7) is 9.08. The first-order valence-electron chi connectivity index (χ1n) is 6.78. The molecule has 3 nitrogen and oxygen atoms in total. The molecule has 0 spiro atoms. The molecule has 1 aromatic carbocycles. The lowest BCUT2D eigenvalue weighted by atomic mass is 9.96. The highest BCUT2D eigenvalue weighted by atomic mass is 16.3. The summed E-state index contributed by atoms with van der Waals surface area (Å²) in [7, 11) is 2.12. The molecule has 1 heterocycles. The van der Waals surface area contributed by atoms with Gasteiger partial charge in [0.2, 0.25) is 0 Å². The number of furan rings is 1. The molecular weight excluding hydrogens is 236 g/mol. The molecule has 0 saturated carbocycles. The van der Waals surface area contributed by atoms with Gasteiger partial charge in [-0.25, -0.2) is 0 Å². The van der Waals surface area contributed by atoms with Crippen molar-refractivity contribution in [3.8, 4) is 0 Å². The van der Waals surface area contributed by atoms with Gasteiger partial charge in [-0.2, -0.15) is 0 Å². The highest BCUT2D eigenvalue weighted by Gasteiger charge is 2.18. The summed E-state index contributed by atoms with van der Waals surface area (Å²) in [5.74, 6) is 0.996. The Hall–Kier alpha value is -1.32. The molecule has 104 valence electrons. The first kappa shape index (κ1) is 14.1. The lowest BCUT2D eigenvalue weighted by Crippen LogP contribution is -2.29. The molecular formula is C16H24N2O. The predicted molar refractivity (Wildman–Crippen MR) is 79.9 cm³/mol. The van der Waals surface area contributed by atoms with Gasteiger partial charge in [0.1, 0.15) is 11.3 Å². The summed E-state index contributed by atoms with van der Waals surface area (Å²) in [6, 6.07) is 8.10. The Balaban J connectivity index is 2.25. The highest BCUT2D eigenvalue weighted by Crippen LogP contribution is 2.27. The highest BCUT2D eigenvalue weighted by molar-refractivity contribution is 5.82. The molecule has 0 fully saturated rings.